The number of rotatable bonds is 4. The summed E-state index contributed by atoms with van der Waals surface area (Å²) in [5, 5.41) is 0.832. The molecule has 0 spiro atoms. The Morgan fingerprint density at radius 1 is 0.943 bits per heavy atom. The van der Waals surface area contributed by atoms with Crippen molar-refractivity contribution >= 4 is 16.8 Å². The number of pyridine rings is 1. The summed E-state index contributed by atoms with van der Waals surface area (Å²) in [6.07, 6.45) is 0. The van der Waals surface area contributed by atoms with Crippen LogP contribution in [0.4, 0.5) is 4.39 Å². The number of piperazine rings is 1. The molecule has 0 bridgehead atoms. The van der Waals surface area contributed by atoms with Crippen LogP contribution < -0.4 is 14.4 Å². The normalized spacial score (nSPS) is 15.5. The van der Waals surface area contributed by atoms with E-state index in [0.29, 0.717) is 24.3 Å². The lowest BCUT2D eigenvalue weighted by Crippen LogP contribution is -3.13. The molecule has 1 saturated heterocycles. The molecule has 6 nitrogen and oxygen atoms in total. The molecule has 3 heterocycles. The summed E-state index contributed by atoms with van der Waals surface area (Å²) in [5.41, 5.74) is 4.04. The molecule has 7 heteroatoms. The molecule has 0 aliphatic carbocycles. The predicted molar refractivity (Wildman–Crippen MR) is 130 cm³/mol. The topological polar surface area (TPSA) is 56.1 Å². The van der Waals surface area contributed by atoms with E-state index in [-0.39, 0.29) is 18.5 Å². The second-order valence-corrected chi connectivity index (χ2v) is 8.99. The molecule has 1 fully saturated rings. The highest BCUT2D eigenvalue weighted by molar-refractivity contribution is 6.07. The van der Waals surface area contributed by atoms with Gasteiger partial charge in [0, 0.05) is 16.5 Å². The van der Waals surface area contributed by atoms with Gasteiger partial charge in [0.1, 0.15) is 12.4 Å². The molecule has 176 valence electrons. The van der Waals surface area contributed by atoms with Crippen molar-refractivity contribution in [3.05, 3.63) is 89.7 Å². The Labute approximate surface area is 202 Å². The van der Waals surface area contributed by atoms with Gasteiger partial charge in [0.25, 0.3) is 5.91 Å². The van der Waals surface area contributed by atoms with Gasteiger partial charge < -0.3 is 19.3 Å². The van der Waals surface area contributed by atoms with Crippen LogP contribution in [0.25, 0.3) is 22.2 Å². The SMILES string of the molecule is O=C(c1cc(-c2ccc(F)cc2)nc2ccccc12)N1CC[NH+](Cc2ccc3c(c2)OCO3)CC1. The number of halogens is 1. The molecule has 0 atom stereocenters. The molecule has 6 rings (SSSR count). The molecular formula is C28H25FN3O3+. The maximum absolute atomic E-state index is 13.6. The minimum Gasteiger partial charge on any atom is -0.454 e. The van der Waals surface area contributed by atoms with Crippen LogP contribution in [0.15, 0.2) is 72.8 Å². The summed E-state index contributed by atoms with van der Waals surface area (Å²) < 4.78 is 24.3. The highest BCUT2D eigenvalue weighted by atomic mass is 19.1. The van der Waals surface area contributed by atoms with Crippen LogP contribution in [-0.2, 0) is 6.54 Å². The van der Waals surface area contributed by atoms with Gasteiger partial charge in [0.05, 0.1) is 43.0 Å². The van der Waals surface area contributed by atoms with E-state index in [0.717, 1.165) is 47.6 Å². The molecule has 3 aromatic carbocycles. The second-order valence-electron chi connectivity index (χ2n) is 8.99. The molecule has 0 unspecified atom stereocenters. The van der Waals surface area contributed by atoms with Crippen molar-refractivity contribution in [3.63, 3.8) is 0 Å². The van der Waals surface area contributed by atoms with E-state index in [2.05, 4.69) is 6.07 Å². The number of fused-ring (bicyclic) bond motifs is 2. The summed E-state index contributed by atoms with van der Waals surface area (Å²) in [7, 11) is 0. The van der Waals surface area contributed by atoms with Crippen molar-refractivity contribution in [2.75, 3.05) is 33.0 Å². The Bertz CT molecular complexity index is 1400. The van der Waals surface area contributed by atoms with E-state index in [1.807, 2.05) is 47.4 Å². The van der Waals surface area contributed by atoms with Gasteiger partial charge in [-0.3, -0.25) is 4.79 Å². The lowest BCUT2D eigenvalue weighted by molar-refractivity contribution is -0.917. The summed E-state index contributed by atoms with van der Waals surface area (Å²) in [6.45, 7) is 4.26. The zero-order chi connectivity index (χ0) is 23.8. The smallest absolute Gasteiger partial charge is 0.255 e. The van der Waals surface area contributed by atoms with Crippen molar-refractivity contribution in [1.82, 2.24) is 9.88 Å². The fourth-order valence-corrected chi connectivity index (χ4v) is 4.83. The van der Waals surface area contributed by atoms with Crippen LogP contribution in [0.5, 0.6) is 11.5 Å². The average Bonchev–Trinajstić information content (AvgIpc) is 3.36. The highest BCUT2D eigenvalue weighted by Gasteiger charge is 2.27. The molecule has 2 aliphatic heterocycles. The van der Waals surface area contributed by atoms with Crippen LogP contribution in [0, 0.1) is 5.82 Å². The van der Waals surface area contributed by atoms with Crippen LogP contribution >= 0.6 is 0 Å². The number of para-hydroxylation sites is 1. The molecule has 1 N–H and O–H groups in total. The zero-order valence-electron chi connectivity index (χ0n) is 19.2. The van der Waals surface area contributed by atoms with E-state index in [4.69, 9.17) is 14.5 Å². The first-order valence-electron chi connectivity index (χ1n) is 11.8. The Morgan fingerprint density at radius 2 is 1.71 bits per heavy atom. The first-order valence-corrected chi connectivity index (χ1v) is 11.8. The maximum Gasteiger partial charge on any atom is 0.255 e. The predicted octanol–water partition coefficient (Wildman–Crippen LogP) is 3.31. The van der Waals surface area contributed by atoms with Crippen molar-refractivity contribution in [3.8, 4) is 22.8 Å². The van der Waals surface area contributed by atoms with Crippen LogP contribution in [0.2, 0.25) is 0 Å². The number of benzene rings is 3. The largest absolute Gasteiger partial charge is 0.454 e. The van der Waals surface area contributed by atoms with E-state index in [1.54, 1.807) is 12.1 Å². The number of carbonyl (C=O) groups is 1. The summed E-state index contributed by atoms with van der Waals surface area (Å²) in [4.78, 5) is 21.7. The highest BCUT2D eigenvalue weighted by Crippen LogP contribution is 2.32. The van der Waals surface area contributed by atoms with Crippen LogP contribution in [0.1, 0.15) is 15.9 Å². The Morgan fingerprint density at radius 3 is 2.54 bits per heavy atom. The quantitative estimate of drug-likeness (QED) is 0.497. The second kappa shape index (κ2) is 9.00. The van der Waals surface area contributed by atoms with Crippen LogP contribution in [0.3, 0.4) is 0 Å². The molecular weight excluding hydrogens is 445 g/mol. The number of amides is 1. The Hall–Kier alpha value is -3.97. The van der Waals surface area contributed by atoms with Gasteiger partial charge in [-0.05, 0) is 54.6 Å². The number of nitrogens with zero attached hydrogens (tertiary/aromatic N) is 2. The minimum absolute atomic E-state index is 0.00842. The zero-order valence-corrected chi connectivity index (χ0v) is 19.2. The van der Waals surface area contributed by atoms with Crippen molar-refractivity contribution < 1.29 is 23.6 Å². The van der Waals surface area contributed by atoms with Gasteiger partial charge >= 0.3 is 0 Å². The minimum atomic E-state index is -0.299. The summed E-state index contributed by atoms with van der Waals surface area (Å²) in [5.74, 6) is 1.31. The lowest BCUT2D eigenvalue weighted by Gasteiger charge is -2.32. The molecule has 2 aliphatic rings. The number of quaternary nitrogens is 1. The van der Waals surface area contributed by atoms with Crippen molar-refractivity contribution in [1.29, 1.82) is 0 Å². The fraction of sp³-hybridized carbons (Fsp3) is 0.214. The number of hydrogen-bond donors (Lipinski definition) is 1. The maximum atomic E-state index is 13.6. The molecule has 0 radical (unpaired) electrons. The van der Waals surface area contributed by atoms with Gasteiger partial charge in [0.2, 0.25) is 6.79 Å². The first kappa shape index (κ1) is 21.6. The van der Waals surface area contributed by atoms with Gasteiger partial charge in [-0.25, -0.2) is 9.37 Å². The average molecular weight is 471 g/mol. The molecule has 35 heavy (non-hydrogen) atoms. The van der Waals surface area contributed by atoms with Crippen LogP contribution in [-0.4, -0.2) is 48.8 Å². The third-order valence-corrected chi connectivity index (χ3v) is 6.74. The van der Waals surface area contributed by atoms with E-state index < -0.39 is 0 Å². The summed E-state index contributed by atoms with van der Waals surface area (Å²) in [6, 6.07) is 21.8. The van der Waals surface area contributed by atoms with Gasteiger partial charge in [-0.15, -0.1) is 0 Å². The first-order chi connectivity index (χ1) is 17.1. The van der Waals surface area contributed by atoms with Crippen molar-refractivity contribution in [2.24, 2.45) is 0 Å². The summed E-state index contributed by atoms with van der Waals surface area (Å²) >= 11 is 0. The van der Waals surface area contributed by atoms with Gasteiger partial charge in [0.15, 0.2) is 11.5 Å². The Balaban J connectivity index is 1.20. The van der Waals surface area contributed by atoms with Gasteiger partial charge in [-0.2, -0.15) is 0 Å². The third kappa shape index (κ3) is 4.31. The van der Waals surface area contributed by atoms with E-state index in [1.165, 1.54) is 22.6 Å². The van der Waals surface area contributed by atoms with Crippen molar-refractivity contribution in [2.45, 2.75) is 6.54 Å². The number of carbonyl (C=O) groups excluding carboxylic acids is 1. The monoisotopic (exact) mass is 470 g/mol. The van der Waals surface area contributed by atoms with E-state index in [9.17, 15) is 9.18 Å². The number of hydrogen-bond acceptors (Lipinski definition) is 4. The molecule has 0 saturated carbocycles. The number of aromatic nitrogens is 1. The number of ether oxygens (including phenoxy) is 2. The Kier molecular flexibility index (Phi) is 5.54. The van der Waals surface area contributed by atoms with E-state index >= 15 is 0 Å². The fourth-order valence-electron chi connectivity index (χ4n) is 4.83. The molecule has 1 aromatic heterocycles. The third-order valence-electron chi connectivity index (χ3n) is 6.74. The lowest BCUT2D eigenvalue weighted by atomic mass is 10.0. The standard InChI is InChI=1S/C28H24FN3O3/c29-21-8-6-20(7-9-21)25-16-23(22-3-1-2-4-24(22)30-25)28(33)32-13-11-31(12-14-32)17-19-5-10-26-27(15-19)35-18-34-26/h1-10,15-16H,11-14,17-18H2/p+1. The molecule has 4 aromatic rings. The van der Waals surface area contributed by atoms with Gasteiger partial charge in [-0.1, -0.05) is 18.2 Å². The number of nitrogens with one attached hydrogen (secondary N) is 1. The molecule has 1 amide bonds.